The van der Waals surface area contributed by atoms with Crippen molar-refractivity contribution < 1.29 is 9.72 Å². The minimum atomic E-state index is -0.535. The Morgan fingerprint density at radius 2 is 1.72 bits per heavy atom. The van der Waals surface area contributed by atoms with Gasteiger partial charge < -0.3 is 9.80 Å². The number of para-hydroxylation sites is 2. The van der Waals surface area contributed by atoms with Crippen molar-refractivity contribution in [1.82, 2.24) is 14.9 Å². The summed E-state index contributed by atoms with van der Waals surface area (Å²) in [6.45, 7) is 4.03. The number of carbonyl (C=O) groups excluding carboxylic acids is 1. The van der Waals surface area contributed by atoms with Gasteiger partial charge in [-0.05, 0) is 25.1 Å². The van der Waals surface area contributed by atoms with Gasteiger partial charge in [-0.3, -0.25) is 14.9 Å². The fourth-order valence-electron chi connectivity index (χ4n) is 3.46. The molecule has 2 aromatic carbocycles. The van der Waals surface area contributed by atoms with Crippen LogP contribution in [-0.2, 0) is 0 Å². The molecule has 3 aromatic rings. The van der Waals surface area contributed by atoms with Gasteiger partial charge in [-0.2, -0.15) is 0 Å². The van der Waals surface area contributed by atoms with E-state index in [4.69, 9.17) is 16.6 Å². The summed E-state index contributed by atoms with van der Waals surface area (Å²) >= 11 is 6.12. The van der Waals surface area contributed by atoms with Gasteiger partial charge >= 0.3 is 0 Å². The van der Waals surface area contributed by atoms with Gasteiger partial charge in [-0.1, -0.05) is 23.7 Å². The SMILES string of the molecule is Cc1nc2ccccc2nc1N1CCN(C(=O)c2cc([N+](=O)[O-])ccc2Cl)CC1. The first-order valence-corrected chi connectivity index (χ1v) is 9.53. The van der Waals surface area contributed by atoms with Crippen molar-refractivity contribution in [3.63, 3.8) is 0 Å². The van der Waals surface area contributed by atoms with E-state index in [2.05, 4.69) is 9.88 Å². The Balaban J connectivity index is 1.51. The first-order chi connectivity index (χ1) is 13.9. The maximum absolute atomic E-state index is 12.9. The standard InChI is InChI=1S/C20H18ClN5O3/c1-13-19(23-18-5-3-2-4-17(18)22-13)24-8-10-25(11-9-24)20(27)15-12-14(26(28)29)6-7-16(15)21/h2-7,12H,8-11H2,1H3. The third-order valence-corrected chi connectivity index (χ3v) is 5.31. The Hall–Kier alpha value is -3.26. The van der Waals surface area contributed by atoms with E-state index < -0.39 is 4.92 Å². The van der Waals surface area contributed by atoms with Crippen molar-refractivity contribution in [2.24, 2.45) is 0 Å². The molecule has 1 aromatic heterocycles. The van der Waals surface area contributed by atoms with Crippen LogP contribution in [-0.4, -0.2) is 51.9 Å². The van der Waals surface area contributed by atoms with E-state index in [-0.39, 0.29) is 22.2 Å². The molecule has 29 heavy (non-hydrogen) atoms. The monoisotopic (exact) mass is 411 g/mol. The van der Waals surface area contributed by atoms with Gasteiger partial charge in [0.05, 0.1) is 32.2 Å². The van der Waals surface area contributed by atoms with Crippen LogP contribution in [0.4, 0.5) is 11.5 Å². The highest BCUT2D eigenvalue weighted by Crippen LogP contribution is 2.25. The van der Waals surface area contributed by atoms with Crippen LogP contribution >= 0.6 is 11.6 Å². The van der Waals surface area contributed by atoms with E-state index in [1.807, 2.05) is 31.2 Å². The maximum Gasteiger partial charge on any atom is 0.270 e. The number of aryl methyl sites for hydroxylation is 1. The number of hydrogen-bond acceptors (Lipinski definition) is 6. The quantitative estimate of drug-likeness (QED) is 0.484. The zero-order chi connectivity index (χ0) is 20.5. The number of rotatable bonds is 3. The lowest BCUT2D eigenvalue weighted by atomic mass is 10.1. The van der Waals surface area contributed by atoms with Gasteiger partial charge in [0.2, 0.25) is 0 Å². The maximum atomic E-state index is 12.9. The van der Waals surface area contributed by atoms with Crippen LogP contribution < -0.4 is 4.90 Å². The van der Waals surface area contributed by atoms with Crippen LogP contribution in [0.1, 0.15) is 16.1 Å². The highest BCUT2D eigenvalue weighted by molar-refractivity contribution is 6.33. The lowest BCUT2D eigenvalue weighted by molar-refractivity contribution is -0.384. The fourth-order valence-corrected chi connectivity index (χ4v) is 3.66. The first-order valence-electron chi connectivity index (χ1n) is 9.15. The van der Waals surface area contributed by atoms with Gasteiger partial charge in [0.15, 0.2) is 5.82 Å². The van der Waals surface area contributed by atoms with E-state index in [9.17, 15) is 14.9 Å². The molecule has 9 heteroatoms. The third kappa shape index (κ3) is 3.71. The van der Waals surface area contributed by atoms with Crippen molar-refractivity contribution in [3.8, 4) is 0 Å². The highest BCUT2D eigenvalue weighted by atomic mass is 35.5. The number of aromatic nitrogens is 2. The van der Waals surface area contributed by atoms with Crippen LogP contribution in [0.3, 0.4) is 0 Å². The summed E-state index contributed by atoms with van der Waals surface area (Å²) in [4.78, 5) is 36.4. The number of nitro groups is 1. The highest BCUT2D eigenvalue weighted by Gasteiger charge is 2.26. The Labute approximate surface area is 171 Å². The lowest BCUT2D eigenvalue weighted by Crippen LogP contribution is -2.49. The number of halogens is 1. The van der Waals surface area contributed by atoms with Crippen molar-refractivity contribution in [2.45, 2.75) is 6.92 Å². The number of anilines is 1. The minimum absolute atomic E-state index is 0.149. The van der Waals surface area contributed by atoms with Crippen molar-refractivity contribution in [3.05, 3.63) is 68.9 Å². The summed E-state index contributed by atoms with van der Waals surface area (Å²) in [6, 6.07) is 11.6. The topological polar surface area (TPSA) is 92.5 Å². The molecular formula is C20H18ClN5O3. The van der Waals surface area contributed by atoms with Gasteiger partial charge in [0.25, 0.3) is 11.6 Å². The molecule has 1 aliphatic heterocycles. The van der Waals surface area contributed by atoms with E-state index in [1.54, 1.807) is 4.90 Å². The number of piperazine rings is 1. The Morgan fingerprint density at radius 3 is 2.38 bits per heavy atom. The number of nitrogens with zero attached hydrogens (tertiary/aromatic N) is 5. The molecule has 4 rings (SSSR count). The number of carbonyl (C=O) groups is 1. The van der Waals surface area contributed by atoms with Gasteiger partial charge in [0, 0.05) is 38.3 Å². The molecule has 1 amide bonds. The molecule has 148 valence electrons. The molecule has 1 aliphatic rings. The molecule has 1 fully saturated rings. The largest absolute Gasteiger partial charge is 0.352 e. The predicted octanol–water partition coefficient (Wildman–Crippen LogP) is 3.46. The number of nitro benzene ring substituents is 1. The first kappa shape index (κ1) is 19.1. The summed E-state index contributed by atoms with van der Waals surface area (Å²) in [5, 5.41) is 11.2. The van der Waals surface area contributed by atoms with E-state index in [0.29, 0.717) is 26.2 Å². The molecule has 0 spiro atoms. The number of fused-ring (bicyclic) bond motifs is 1. The lowest BCUT2D eigenvalue weighted by Gasteiger charge is -2.36. The molecule has 0 unspecified atom stereocenters. The Bertz CT molecular complexity index is 1110. The molecule has 0 aliphatic carbocycles. The molecular weight excluding hydrogens is 394 g/mol. The van der Waals surface area contributed by atoms with Gasteiger partial charge in [-0.15, -0.1) is 0 Å². The molecule has 2 heterocycles. The zero-order valence-electron chi connectivity index (χ0n) is 15.7. The number of non-ortho nitro benzene ring substituents is 1. The van der Waals surface area contributed by atoms with Crippen LogP contribution in [0.5, 0.6) is 0 Å². The van der Waals surface area contributed by atoms with Crippen LogP contribution in [0.2, 0.25) is 5.02 Å². The summed E-state index contributed by atoms with van der Waals surface area (Å²) in [5.74, 6) is 0.504. The van der Waals surface area contributed by atoms with Crippen LogP contribution in [0, 0.1) is 17.0 Å². The normalized spacial score (nSPS) is 14.3. The molecule has 0 radical (unpaired) electrons. The molecule has 0 atom stereocenters. The summed E-state index contributed by atoms with van der Waals surface area (Å²) < 4.78 is 0. The molecule has 8 nitrogen and oxygen atoms in total. The van der Waals surface area contributed by atoms with E-state index in [1.165, 1.54) is 18.2 Å². The van der Waals surface area contributed by atoms with Crippen molar-refractivity contribution >= 4 is 40.0 Å². The average Bonchev–Trinajstić information content (AvgIpc) is 2.73. The molecule has 1 saturated heterocycles. The second-order valence-corrected chi connectivity index (χ2v) is 7.23. The number of hydrogen-bond donors (Lipinski definition) is 0. The minimum Gasteiger partial charge on any atom is -0.352 e. The average molecular weight is 412 g/mol. The van der Waals surface area contributed by atoms with Crippen LogP contribution in [0.25, 0.3) is 11.0 Å². The van der Waals surface area contributed by atoms with Crippen molar-refractivity contribution in [1.29, 1.82) is 0 Å². The Morgan fingerprint density at radius 1 is 1.07 bits per heavy atom. The smallest absolute Gasteiger partial charge is 0.270 e. The fraction of sp³-hybridized carbons (Fsp3) is 0.250. The zero-order valence-corrected chi connectivity index (χ0v) is 16.5. The summed E-state index contributed by atoms with van der Waals surface area (Å²) in [5.41, 5.74) is 2.51. The molecule has 0 bridgehead atoms. The van der Waals surface area contributed by atoms with E-state index >= 15 is 0 Å². The second kappa shape index (κ2) is 7.63. The number of benzene rings is 2. The molecule has 0 N–H and O–H groups in total. The predicted molar refractivity (Wildman–Crippen MR) is 110 cm³/mol. The number of amides is 1. The third-order valence-electron chi connectivity index (χ3n) is 4.98. The summed E-state index contributed by atoms with van der Waals surface area (Å²) in [6.07, 6.45) is 0. The molecule has 0 saturated carbocycles. The van der Waals surface area contributed by atoms with Crippen LogP contribution in [0.15, 0.2) is 42.5 Å². The Kier molecular flexibility index (Phi) is 5.02. The second-order valence-electron chi connectivity index (χ2n) is 6.82. The van der Waals surface area contributed by atoms with E-state index in [0.717, 1.165) is 22.5 Å². The van der Waals surface area contributed by atoms with Gasteiger partial charge in [0.1, 0.15) is 0 Å². The summed E-state index contributed by atoms with van der Waals surface area (Å²) in [7, 11) is 0. The van der Waals surface area contributed by atoms with Crippen molar-refractivity contribution in [2.75, 3.05) is 31.1 Å². The van der Waals surface area contributed by atoms with Gasteiger partial charge in [-0.25, -0.2) is 9.97 Å².